The summed E-state index contributed by atoms with van der Waals surface area (Å²) in [6.07, 6.45) is 4.90. The van der Waals surface area contributed by atoms with Gasteiger partial charge in [-0.15, -0.1) is 0 Å². The first-order chi connectivity index (χ1) is 15.6. The highest BCUT2D eigenvalue weighted by molar-refractivity contribution is 6.32. The summed E-state index contributed by atoms with van der Waals surface area (Å²) in [4.78, 5) is 15.8. The summed E-state index contributed by atoms with van der Waals surface area (Å²) >= 11 is 6.38. The van der Waals surface area contributed by atoms with E-state index in [0.717, 1.165) is 31.7 Å². The van der Waals surface area contributed by atoms with Crippen LogP contribution in [0.1, 0.15) is 31.2 Å². The Kier molecular flexibility index (Phi) is 4.46. The van der Waals surface area contributed by atoms with Crippen molar-refractivity contribution < 1.29 is 4.39 Å². The molecule has 2 bridgehead atoms. The number of anilines is 3. The molecular weight excluding hydrogens is 429 g/mol. The minimum Gasteiger partial charge on any atom is -0.351 e. The molecule has 0 amide bonds. The van der Waals surface area contributed by atoms with Crippen LogP contribution in [0.4, 0.5) is 21.7 Å². The van der Waals surface area contributed by atoms with Crippen LogP contribution in [0.3, 0.4) is 0 Å². The second-order valence-corrected chi connectivity index (χ2v) is 9.25. The minimum absolute atomic E-state index is 0.0103. The maximum atomic E-state index is 15.2. The van der Waals surface area contributed by atoms with Crippen LogP contribution in [0.5, 0.6) is 0 Å². The van der Waals surface area contributed by atoms with E-state index in [1.165, 1.54) is 6.33 Å². The van der Waals surface area contributed by atoms with Crippen LogP contribution in [0.15, 0.2) is 30.6 Å². The summed E-state index contributed by atoms with van der Waals surface area (Å²) in [5.41, 5.74) is 1.32. The zero-order chi connectivity index (χ0) is 21.9. The summed E-state index contributed by atoms with van der Waals surface area (Å²) < 4.78 is 15.2. The van der Waals surface area contributed by atoms with Crippen molar-refractivity contribution in [2.75, 3.05) is 23.3 Å². The molecule has 4 heterocycles. The summed E-state index contributed by atoms with van der Waals surface area (Å²) in [7, 11) is 0. The molecule has 3 aromatic rings. The lowest BCUT2D eigenvalue weighted by atomic mass is 9.65. The predicted molar refractivity (Wildman–Crippen MR) is 121 cm³/mol. The number of fused-ring (bicyclic) bond motifs is 3. The first-order valence-corrected chi connectivity index (χ1v) is 11.2. The Bertz CT molecular complexity index is 1270. The molecule has 0 radical (unpaired) electrons. The summed E-state index contributed by atoms with van der Waals surface area (Å²) in [6.45, 7) is 1.88. The number of nitrogens with zero attached hydrogens (tertiary/aromatic N) is 5. The van der Waals surface area contributed by atoms with Gasteiger partial charge in [-0.2, -0.15) is 5.26 Å². The number of hydrogen-bond acceptors (Lipinski definition) is 7. The number of benzene rings is 1. The van der Waals surface area contributed by atoms with E-state index in [1.54, 1.807) is 12.1 Å². The molecule has 2 aliphatic heterocycles. The molecule has 7 nitrogen and oxygen atoms in total. The lowest BCUT2D eigenvalue weighted by Crippen LogP contribution is -2.44. The maximum Gasteiger partial charge on any atom is 0.165 e. The first kappa shape index (κ1) is 19.6. The van der Waals surface area contributed by atoms with Gasteiger partial charge in [0.05, 0.1) is 27.7 Å². The normalized spacial score (nSPS) is 23.2. The Morgan fingerprint density at radius 1 is 1.25 bits per heavy atom. The van der Waals surface area contributed by atoms with Crippen molar-refractivity contribution >= 4 is 40.0 Å². The highest BCUT2D eigenvalue weighted by Crippen LogP contribution is 2.47. The summed E-state index contributed by atoms with van der Waals surface area (Å²) in [5.74, 6) is 0.705. The number of piperazine rings is 1. The van der Waals surface area contributed by atoms with Gasteiger partial charge in [-0.25, -0.2) is 19.3 Å². The van der Waals surface area contributed by atoms with Gasteiger partial charge in [-0.1, -0.05) is 17.7 Å². The van der Waals surface area contributed by atoms with E-state index in [2.05, 4.69) is 31.6 Å². The van der Waals surface area contributed by atoms with E-state index in [9.17, 15) is 5.26 Å². The van der Waals surface area contributed by atoms with Crippen LogP contribution < -0.4 is 15.5 Å². The Labute approximate surface area is 189 Å². The SMILES string of the molecule is N#CC1(c2ccc(Nc3ncnc4ccc(N5C[C@@H]6C[C@H]5CN6)nc34)c(F)c2Cl)CCC1. The van der Waals surface area contributed by atoms with Crippen molar-refractivity contribution in [3.63, 3.8) is 0 Å². The van der Waals surface area contributed by atoms with Gasteiger partial charge in [-0.05, 0) is 49.4 Å². The van der Waals surface area contributed by atoms with Gasteiger partial charge in [0.25, 0.3) is 0 Å². The molecule has 0 spiro atoms. The quantitative estimate of drug-likeness (QED) is 0.620. The molecule has 1 saturated carbocycles. The second kappa shape index (κ2) is 7.26. The third-order valence-electron chi connectivity index (χ3n) is 7.09. The Balaban J connectivity index is 1.36. The van der Waals surface area contributed by atoms with E-state index in [1.807, 2.05) is 12.1 Å². The van der Waals surface area contributed by atoms with Crippen molar-refractivity contribution in [3.8, 4) is 6.07 Å². The molecule has 3 fully saturated rings. The molecule has 2 saturated heterocycles. The molecule has 162 valence electrons. The molecule has 1 aromatic carbocycles. The lowest BCUT2D eigenvalue weighted by molar-refractivity contribution is 0.323. The number of halogens is 2. The summed E-state index contributed by atoms with van der Waals surface area (Å²) in [6, 6.07) is 10.5. The van der Waals surface area contributed by atoms with Gasteiger partial charge in [-0.3, -0.25) is 0 Å². The van der Waals surface area contributed by atoms with Gasteiger partial charge < -0.3 is 15.5 Å². The van der Waals surface area contributed by atoms with E-state index in [4.69, 9.17) is 16.6 Å². The average Bonchev–Trinajstić information content (AvgIpc) is 3.42. The van der Waals surface area contributed by atoms with Crippen molar-refractivity contribution in [2.45, 2.75) is 43.2 Å². The Hall–Kier alpha value is -3.02. The molecule has 2 aromatic heterocycles. The molecule has 32 heavy (non-hydrogen) atoms. The largest absolute Gasteiger partial charge is 0.351 e. The molecule has 3 aliphatic rings. The van der Waals surface area contributed by atoms with Crippen molar-refractivity contribution in [2.24, 2.45) is 0 Å². The monoisotopic (exact) mass is 449 g/mol. The highest BCUT2D eigenvalue weighted by atomic mass is 35.5. The number of nitriles is 1. The predicted octanol–water partition coefficient (Wildman–Crippen LogP) is 4.06. The van der Waals surface area contributed by atoms with Crippen LogP contribution in [-0.4, -0.2) is 40.1 Å². The fourth-order valence-electron chi connectivity index (χ4n) is 5.14. The molecule has 9 heteroatoms. The van der Waals surface area contributed by atoms with Gasteiger partial charge in [0.1, 0.15) is 17.7 Å². The van der Waals surface area contributed by atoms with E-state index in [-0.39, 0.29) is 10.7 Å². The van der Waals surface area contributed by atoms with E-state index < -0.39 is 11.2 Å². The van der Waals surface area contributed by atoms with Gasteiger partial charge in [0.15, 0.2) is 11.6 Å². The molecule has 1 aliphatic carbocycles. The van der Waals surface area contributed by atoms with Crippen molar-refractivity contribution in [3.05, 3.63) is 47.0 Å². The molecule has 6 rings (SSSR count). The van der Waals surface area contributed by atoms with Crippen LogP contribution in [0.25, 0.3) is 11.0 Å². The number of pyridine rings is 1. The standard InChI is InChI=1S/C23H21ClFN7/c24-19-15(23(11-26)6-1-7-23)2-3-16(20(19)25)30-22-21-17(28-12-29-22)4-5-18(31-21)32-10-13-8-14(32)9-27-13/h2-5,12-14,27H,1,6-10H2,(H,28,29,30)/t13-,14-/m0/s1. The van der Waals surface area contributed by atoms with Gasteiger partial charge in [0, 0.05) is 25.2 Å². The lowest BCUT2D eigenvalue weighted by Gasteiger charge is -2.36. The fraction of sp³-hybridized carbons (Fsp3) is 0.391. The van der Waals surface area contributed by atoms with Crippen molar-refractivity contribution in [1.29, 1.82) is 5.26 Å². The minimum atomic E-state index is -0.682. The van der Waals surface area contributed by atoms with Crippen LogP contribution in [0, 0.1) is 17.1 Å². The topological polar surface area (TPSA) is 89.8 Å². The molecule has 2 atom stereocenters. The Morgan fingerprint density at radius 3 is 2.81 bits per heavy atom. The fourth-order valence-corrected chi connectivity index (χ4v) is 5.48. The van der Waals surface area contributed by atoms with Crippen LogP contribution in [0.2, 0.25) is 5.02 Å². The first-order valence-electron chi connectivity index (χ1n) is 10.9. The Morgan fingerprint density at radius 2 is 2.12 bits per heavy atom. The zero-order valence-corrected chi connectivity index (χ0v) is 18.0. The smallest absolute Gasteiger partial charge is 0.165 e. The number of aromatic nitrogens is 3. The third-order valence-corrected chi connectivity index (χ3v) is 7.46. The van der Waals surface area contributed by atoms with Gasteiger partial charge in [0.2, 0.25) is 0 Å². The average molecular weight is 450 g/mol. The van der Waals surface area contributed by atoms with Crippen LogP contribution >= 0.6 is 11.6 Å². The zero-order valence-electron chi connectivity index (χ0n) is 17.3. The number of nitrogens with one attached hydrogen (secondary N) is 2. The van der Waals surface area contributed by atoms with Crippen molar-refractivity contribution in [1.82, 2.24) is 20.3 Å². The number of rotatable bonds is 4. The van der Waals surface area contributed by atoms with Crippen LogP contribution in [-0.2, 0) is 5.41 Å². The molecular formula is C23H21ClFN7. The number of hydrogen-bond donors (Lipinski definition) is 2. The van der Waals surface area contributed by atoms with E-state index in [0.29, 0.717) is 47.3 Å². The molecule has 0 unspecified atom stereocenters. The maximum absolute atomic E-state index is 15.2. The molecule has 2 N–H and O–H groups in total. The summed E-state index contributed by atoms with van der Waals surface area (Å²) in [5, 5.41) is 16.1. The third kappa shape index (κ3) is 2.92. The van der Waals surface area contributed by atoms with E-state index >= 15 is 4.39 Å². The highest BCUT2D eigenvalue weighted by Gasteiger charge is 2.41. The second-order valence-electron chi connectivity index (χ2n) is 8.87. The van der Waals surface area contributed by atoms with Gasteiger partial charge >= 0.3 is 0 Å².